The molecule has 88 valence electrons. The summed E-state index contributed by atoms with van der Waals surface area (Å²) in [5.41, 5.74) is 2.84. The van der Waals surface area contributed by atoms with Crippen LogP contribution in [0.3, 0.4) is 0 Å². The quantitative estimate of drug-likeness (QED) is 0.844. The third-order valence-electron chi connectivity index (χ3n) is 2.66. The zero-order valence-electron chi connectivity index (χ0n) is 9.37. The molecule has 1 N–H and O–H groups in total. The smallest absolute Gasteiger partial charge is 0.126 e. The van der Waals surface area contributed by atoms with E-state index in [4.69, 9.17) is 5.11 Å². The van der Waals surface area contributed by atoms with Crippen LogP contribution in [0.5, 0.6) is 0 Å². The van der Waals surface area contributed by atoms with Crippen molar-refractivity contribution in [2.24, 2.45) is 0 Å². The van der Waals surface area contributed by atoms with Crippen molar-refractivity contribution in [1.82, 2.24) is 0 Å². The lowest BCUT2D eigenvalue weighted by molar-refractivity contribution is 0.282. The minimum Gasteiger partial charge on any atom is -0.392 e. The van der Waals surface area contributed by atoms with Gasteiger partial charge in [0, 0.05) is 6.07 Å². The van der Waals surface area contributed by atoms with Gasteiger partial charge in [0.25, 0.3) is 0 Å². The van der Waals surface area contributed by atoms with E-state index in [0.717, 1.165) is 22.8 Å². The van der Waals surface area contributed by atoms with E-state index >= 15 is 0 Å². The molecule has 3 heteroatoms. The highest BCUT2D eigenvalue weighted by atomic mass is 19.1. The molecule has 0 aliphatic rings. The standard InChI is InChI=1S/C14H12F2O/c1-9-2-3-10(8-17)4-14(9)11-5-12(15)7-13(16)6-11/h2-7,17H,8H2,1H3. The predicted molar refractivity (Wildman–Crippen MR) is 62.5 cm³/mol. The van der Waals surface area contributed by atoms with E-state index in [-0.39, 0.29) is 6.61 Å². The van der Waals surface area contributed by atoms with Gasteiger partial charge in [-0.05, 0) is 47.4 Å². The Morgan fingerprint density at radius 1 is 1.00 bits per heavy atom. The topological polar surface area (TPSA) is 20.2 Å². The number of hydrogen-bond acceptors (Lipinski definition) is 1. The maximum Gasteiger partial charge on any atom is 0.126 e. The molecule has 17 heavy (non-hydrogen) atoms. The van der Waals surface area contributed by atoms with Gasteiger partial charge in [-0.3, -0.25) is 0 Å². The van der Waals surface area contributed by atoms with Crippen LogP contribution in [0.1, 0.15) is 11.1 Å². The summed E-state index contributed by atoms with van der Waals surface area (Å²) in [6.45, 7) is 1.77. The monoisotopic (exact) mass is 234 g/mol. The Labute approximate surface area is 98.3 Å². The zero-order chi connectivity index (χ0) is 12.4. The predicted octanol–water partition coefficient (Wildman–Crippen LogP) is 3.43. The molecule has 2 aromatic carbocycles. The number of rotatable bonds is 2. The highest BCUT2D eigenvalue weighted by Crippen LogP contribution is 2.26. The van der Waals surface area contributed by atoms with E-state index in [1.165, 1.54) is 12.1 Å². The van der Waals surface area contributed by atoms with Crippen LogP contribution in [-0.2, 0) is 6.61 Å². The minimum atomic E-state index is -0.603. The van der Waals surface area contributed by atoms with E-state index in [9.17, 15) is 8.78 Å². The number of hydrogen-bond donors (Lipinski definition) is 1. The van der Waals surface area contributed by atoms with Crippen molar-refractivity contribution in [2.45, 2.75) is 13.5 Å². The van der Waals surface area contributed by atoms with Crippen molar-refractivity contribution in [3.05, 3.63) is 59.2 Å². The van der Waals surface area contributed by atoms with Crippen LogP contribution in [0.25, 0.3) is 11.1 Å². The molecular weight excluding hydrogens is 222 g/mol. The van der Waals surface area contributed by atoms with Crippen molar-refractivity contribution >= 4 is 0 Å². The number of aliphatic hydroxyl groups excluding tert-OH is 1. The summed E-state index contributed by atoms with van der Waals surface area (Å²) in [5, 5.41) is 9.06. The Morgan fingerprint density at radius 2 is 1.65 bits per heavy atom. The average Bonchev–Trinajstić information content (AvgIpc) is 2.28. The fraction of sp³-hybridized carbons (Fsp3) is 0.143. The SMILES string of the molecule is Cc1ccc(CO)cc1-c1cc(F)cc(F)c1. The Morgan fingerprint density at radius 3 is 2.24 bits per heavy atom. The Balaban J connectivity index is 2.58. The number of halogens is 2. The van der Waals surface area contributed by atoms with Crippen LogP contribution in [0.2, 0.25) is 0 Å². The summed E-state index contributed by atoms with van der Waals surface area (Å²) in [4.78, 5) is 0. The third kappa shape index (κ3) is 2.50. The van der Waals surface area contributed by atoms with Gasteiger partial charge in [0.05, 0.1) is 6.61 Å². The molecule has 0 aliphatic carbocycles. The van der Waals surface area contributed by atoms with Gasteiger partial charge in [-0.1, -0.05) is 12.1 Å². The van der Waals surface area contributed by atoms with Crippen molar-refractivity contribution in [1.29, 1.82) is 0 Å². The maximum atomic E-state index is 13.1. The van der Waals surface area contributed by atoms with Crippen LogP contribution in [-0.4, -0.2) is 5.11 Å². The second kappa shape index (κ2) is 4.63. The van der Waals surface area contributed by atoms with Crippen molar-refractivity contribution in [3.8, 4) is 11.1 Å². The summed E-state index contributed by atoms with van der Waals surface area (Å²) >= 11 is 0. The molecule has 0 aromatic heterocycles. The molecule has 2 aromatic rings. The second-order valence-electron chi connectivity index (χ2n) is 3.97. The van der Waals surface area contributed by atoms with E-state index in [0.29, 0.717) is 5.56 Å². The van der Waals surface area contributed by atoms with Crippen LogP contribution in [0.15, 0.2) is 36.4 Å². The molecule has 0 amide bonds. The molecule has 0 spiro atoms. The first-order valence-electron chi connectivity index (χ1n) is 5.27. The van der Waals surface area contributed by atoms with Crippen LogP contribution < -0.4 is 0 Å². The van der Waals surface area contributed by atoms with Gasteiger partial charge >= 0.3 is 0 Å². The van der Waals surface area contributed by atoms with Crippen molar-refractivity contribution < 1.29 is 13.9 Å². The fourth-order valence-corrected chi connectivity index (χ4v) is 1.79. The molecule has 0 bridgehead atoms. The third-order valence-corrected chi connectivity index (χ3v) is 2.66. The summed E-state index contributed by atoms with van der Waals surface area (Å²) in [7, 11) is 0. The summed E-state index contributed by atoms with van der Waals surface area (Å²) in [6, 6.07) is 8.76. The molecule has 0 radical (unpaired) electrons. The largest absolute Gasteiger partial charge is 0.392 e. The van der Waals surface area contributed by atoms with E-state index in [1.807, 2.05) is 13.0 Å². The van der Waals surface area contributed by atoms with Crippen molar-refractivity contribution in [3.63, 3.8) is 0 Å². The molecule has 0 unspecified atom stereocenters. The fourth-order valence-electron chi connectivity index (χ4n) is 1.79. The Kier molecular flexibility index (Phi) is 3.20. The first-order chi connectivity index (χ1) is 8.10. The van der Waals surface area contributed by atoms with Gasteiger partial charge in [0.2, 0.25) is 0 Å². The molecule has 0 atom stereocenters. The molecule has 0 heterocycles. The van der Waals surface area contributed by atoms with Gasteiger partial charge in [0.15, 0.2) is 0 Å². The van der Waals surface area contributed by atoms with Crippen LogP contribution >= 0.6 is 0 Å². The normalized spacial score (nSPS) is 10.6. The first kappa shape index (κ1) is 11.7. The second-order valence-corrected chi connectivity index (χ2v) is 3.97. The zero-order valence-corrected chi connectivity index (χ0v) is 9.37. The number of aliphatic hydroxyl groups is 1. The first-order valence-corrected chi connectivity index (χ1v) is 5.27. The lowest BCUT2D eigenvalue weighted by Gasteiger charge is -2.08. The van der Waals surface area contributed by atoms with E-state index in [1.54, 1.807) is 12.1 Å². The number of benzene rings is 2. The van der Waals surface area contributed by atoms with Gasteiger partial charge < -0.3 is 5.11 Å². The van der Waals surface area contributed by atoms with Crippen LogP contribution in [0.4, 0.5) is 8.78 Å². The maximum absolute atomic E-state index is 13.1. The lowest BCUT2D eigenvalue weighted by Crippen LogP contribution is -1.90. The van der Waals surface area contributed by atoms with E-state index < -0.39 is 11.6 Å². The Hall–Kier alpha value is -1.74. The molecule has 2 rings (SSSR count). The highest BCUT2D eigenvalue weighted by molar-refractivity contribution is 5.68. The molecular formula is C14H12F2O. The van der Waals surface area contributed by atoms with Gasteiger partial charge in [-0.2, -0.15) is 0 Å². The molecule has 0 saturated heterocycles. The summed E-state index contributed by atoms with van der Waals surface area (Å²) < 4.78 is 26.3. The average molecular weight is 234 g/mol. The van der Waals surface area contributed by atoms with Gasteiger partial charge in [-0.25, -0.2) is 8.78 Å². The van der Waals surface area contributed by atoms with Gasteiger partial charge in [0.1, 0.15) is 11.6 Å². The minimum absolute atomic E-state index is 0.0922. The van der Waals surface area contributed by atoms with Gasteiger partial charge in [-0.15, -0.1) is 0 Å². The lowest BCUT2D eigenvalue weighted by atomic mass is 9.98. The van der Waals surface area contributed by atoms with E-state index in [2.05, 4.69) is 0 Å². The Bertz CT molecular complexity index is 530. The molecule has 0 fully saturated rings. The summed E-state index contributed by atoms with van der Waals surface area (Å²) in [5.74, 6) is -1.21. The highest BCUT2D eigenvalue weighted by Gasteiger charge is 2.06. The summed E-state index contributed by atoms with van der Waals surface area (Å²) in [6.07, 6.45) is 0. The molecule has 0 aliphatic heterocycles. The van der Waals surface area contributed by atoms with Crippen molar-refractivity contribution in [2.75, 3.05) is 0 Å². The molecule has 1 nitrogen and oxygen atoms in total. The number of aryl methyl sites for hydroxylation is 1. The van der Waals surface area contributed by atoms with Crippen LogP contribution in [0, 0.1) is 18.6 Å². The molecule has 0 saturated carbocycles.